The predicted octanol–water partition coefficient (Wildman–Crippen LogP) is 15.5. The number of fused-ring (bicyclic) bond motifs is 9. The smallest absolute Gasteiger partial charge is 0.160 e. The molecule has 2 aliphatic rings. The van der Waals surface area contributed by atoms with E-state index in [0.29, 0.717) is 5.82 Å². The van der Waals surface area contributed by atoms with Crippen molar-refractivity contribution in [1.29, 1.82) is 0 Å². The Morgan fingerprint density at radius 2 is 0.719 bits per heavy atom. The van der Waals surface area contributed by atoms with Crippen molar-refractivity contribution in [3.63, 3.8) is 0 Å². The van der Waals surface area contributed by atoms with Gasteiger partial charge in [0, 0.05) is 22.1 Å². The lowest BCUT2D eigenvalue weighted by Gasteiger charge is -2.46. The van der Waals surface area contributed by atoms with E-state index in [2.05, 4.69) is 238 Å². The molecule has 64 heavy (non-hydrogen) atoms. The fraction of sp³-hybridized carbons (Fsp3) is 0.0645. The number of rotatable bonds is 6. The minimum atomic E-state index is -0.549. The molecule has 0 fully saturated rings. The summed E-state index contributed by atoms with van der Waals surface area (Å²) in [5.74, 6) is 0.709. The van der Waals surface area contributed by atoms with Crippen LogP contribution in [0, 0.1) is 0 Å². The lowest BCUT2D eigenvalue weighted by molar-refractivity contribution is 0.563. The Labute approximate surface area is 375 Å². The average molecular weight is 817 g/mol. The predicted molar refractivity (Wildman–Crippen MR) is 264 cm³/mol. The van der Waals surface area contributed by atoms with Gasteiger partial charge in [0.05, 0.1) is 16.8 Å². The summed E-state index contributed by atoms with van der Waals surface area (Å²) >= 11 is 0. The van der Waals surface area contributed by atoms with Crippen LogP contribution in [0.25, 0.3) is 78.4 Å². The van der Waals surface area contributed by atoms with Gasteiger partial charge in [0.25, 0.3) is 0 Å². The molecule has 0 saturated carbocycles. The van der Waals surface area contributed by atoms with Crippen LogP contribution in [0.1, 0.15) is 47.2 Å². The SMILES string of the molecule is CC1(C)c2ccccc2C2(c3ccc(-c4ccc(-c5cccc(-c6ccccc6)c5)cc4)cc3-c3c(-c4cc(-c5ccccc5)nc(-c5ccccc5)n4)cccc32)c2ccccc21. The monoisotopic (exact) mass is 816 g/mol. The van der Waals surface area contributed by atoms with Crippen molar-refractivity contribution < 1.29 is 0 Å². The largest absolute Gasteiger partial charge is 0.228 e. The van der Waals surface area contributed by atoms with Crippen molar-refractivity contribution in [2.75, 3.05) is 0 Å². The van der Waals surface area contributed by atoms with Crippen LogP contribution in [-0.2, 0) is 10.8 Å². The van der Waals surface area contributed by atoms with E-state index in [4.69, 9.17) is 9.97 Å². The van der Waals surface area contributed by atoms with E-state index in [0.717, 1.165) is 28.1 Å². The van der Waals surface area contributed by atoms with Crippen LogP contribution >= 0.6 is 0 Å². The summed E-state index contributed by atoms with van der Waals surface area (Å²) in [5.41, 5.74) is 21.8. The Morgan fingerprint density at radius 3 is 1.33 bits per heavy atom. The first-order valence-corrected chi connectivity index (χ1v) is 22.2. The third-order valence-electron chi connectivity index (χ3n) is 13.8. The van der Waals surface area contributed by atoms with Crippen molar-refractivity contribution >= 4 is 0 Å². The molecule has 0 radical (unpaired) electrons. The molecule has 0 aliphatic heterocycles. The second kappa shape index (κ2) is 14.9. The average Bonchev–Trinajstić information content (AvgIpc) is 3.67. The maximum absolute atomic E-state index is 5.43. The van der Waals surface area contributed by atoms with E-state index in [1.54, 1.807) is 0 Å². The molecule has 1 aromatic heterocycles. The highest BCUT2D eigenvalue weighted by Gasteiger charge is 2.53. The zero-order chi connectivity index (χ0) is 42.8. The second-order valence-corrected chi connectivity index (χ2v) is 17.7. The van der Waals surface area contributed by atoms with Crippen molar-refractivity contribution in [2.24, 2.45) is 0 Å². The van der Waals surface area contributed by atoms with E-state index in [1.807, 2.05) is 6.07 Å². The Morgan fingerprint density at radius 1 is 0.281 bits per heavy atom. The molecule has 0 atom stereocenters. The van der Waals surface area contributed by atoms with Crippen LogP contribution in [0.2, 0.25) is 0 Å². The maximum Gasteiger partial charge on any atom is 0.160 e. The number of nitrogens with zero attached hydrogens (tertiary/aromatic N) is 2. The summed E-state index contributed by atoms with van der Waals surface area (Å²) in [5, 5.41) is 0. The number of hydrogen-bond donors (Lipinski definition) is 0. The van der Waals surface area contributed by atoms with Gasteiger partial charge < -0.3 is 0 Å². The molecule has 2 aliphatic carbocycles. The summed E-state index contributed by atoms with van der Waals surface area (Å²) in [4.78, 5) is 10.6. The molecular formula is C62H44N2. The highest BCUT2D eigenvalue weighted by atomic mass is 14.9. The zero-order valence-corrected chi connectivity index (χ0v) is 35.8. The highest BCUT2D eigenvalue weighted by molar-refractivity contribution is 5.98. The molecule has 1 heterocycles. The molecule has 1 spiro atoms. The van der Waals surface area contributed by atoms with E-state index in [1.165, 1.54) is 77.9 Å². The Kier molecular flexibility index (Phi) is 8.77. The minimum absolute atomic E-state index is 0.191. The van der Waals surface area contributed by atoms with Gasteiger partial charge in [0.1, 0.15) is 0 Å². The summed E-state index contributed by atoms with van der Waals surface area (Å²) in [7, 11) is 0. The van der Waals surface area contributed by atoms with Gasteiger partial charge in [-0.05, 0) is 96.1 Å². The lowest BCUT2D eigenvalue weighted by atomic mass is 9.55. The standard InChI is InChI=1S/C62H44N2/c1-61(2)52-27-12-14-29-54(52)62(55-30-15-13-28-53(55)61)51-37-36-48(43-34-32-42(33-35-43)47-25-16-24-46(38-47)41-18-6-3-7-19-41)39-50(51)59-49(26-17-31-56(59)62)58-40-57(44-20-8-4-9-21-44)63-60(64-58)45-22-10-5-11-23-45/h3-40H,1-2H3. The van der Waals surface area contributed by atoms with Gasteiger partial charge in [0.15, 0.2) is 5.82 Å². The van der Waals surface area contributed by atoms with Crippen molar-refractivity contribution in [1.82, 2.24) is 9.97 Å². The molecule has 0 bridgehead atoms. The molecule has 0 unspecified atom stereocenters. The van der Waals surface area contributed by atoms with Gasteiger partial charge in [-0.15, -0.1) is 0 Å². The molecule has 0 saturated heterocycles. The maximum atomic E-state index is 5.43. The molecule has 12 rings (SSSR count). The van der Waals surface area contributed by atoms with E-state index >= 15 is 0 Å². The molecule has 0 amide bonds. The normalized spacial score (nSPS) is 13.7. The molecule has 302 valence electrons. The van der Waals surface area contributed by atoms with Crippen LogP contribution in [0.15, 0.2) is 231 Å². The fourth-order valence-corrected chi connectivity index (χ4v) is 10.8. The fourth-order valence-electron chi connectivity index (χ4n) is 10.8. The molecule has 9 aromatic carbocycles. The van der Waals surface area contributed by atoms with Crippen LogP contribution in [0.4, 0.5) is 0 Å². The quantitative estimate of drug-likeness (QED) is 0.167. The Hall–Kier alpha value is -7.94. The molecule has 10 aromatic rings. The van der Waals surface area contributed by atoms with Crippen molar-refractivity contribution in [3.05, 3.63) is 264 Å². The van der Waals surface area contributed by atoms with Crippen LogP contribution in [-0.4, -0.2) is 9.97 Å². The minimum Gasteiger partial charge on any atom is -0.228 e. The van der Waals surface area contributed by atoms with Gasteiger partial charge in [-0.3, -0.25) is 0 Å². The second-order valence-electron chi connectivity index (χ2n) is 17.7. The summed E-state index contributed by atoms with van der Waals surface area (Å²) in [6.07, 6.45) is 0. The third-order valence-corrected chi connectivity index (χ3v) is 13.8. The summed E-state index contributed by atoms with van der Waals surface area (Å²) in [6, 6.07) is 84.0. The molecule has 0 N–H and O–H groups in total. The first-order valence-electron chi connectivity index (χ1n) is 22.2. The number of aromatic nitrogens is 2. The van der Waals surface area contributed by atoms with Gasteiger partial charge >= 0.3 is 0 Å². The van der Waals surface area contributed by atoms with Crippen molar-refractivity contribution in [3.8, 4) is 78.4 Å². The van der Waals surface area contributed by atoms with Gasteiger partial charge in [0.2, 0.25) is 0 Å². The van der Waals surface area contributed by atoms with Gasteiger partial charge in [-0.2, -0.15) is 0 Å². The topological polar surface area (TPSA) is 25.8 Å². The summed E-state index contributed by atoms with van der Waals surface area (Å²) < 4.78 is 0. The van der Waals surface area contributed by atoms with E-state index in [-0.39, 0.29) is 5.41 Å². The summed E-state index contributed by atoms with van der Waals surface area (Å²) in [6.45, 7) is 4.76. The first kappa shape index (κ1) is 37.8. The van der Waals surface area contributed by atoms with E-state index in [9.17, 15) is 0 Å². The van der Waals surface area contributed by atoms with Crippen LogP contribution < -0.4 is 0 Å². The highest BCUT2D eigenvalue weighted by Crippen LogP contribution is 2.63. The lowest BCUT2D eigenvalue weighted by Crippen LogP contribution is -2.40. The number of benzene rings is 9. The molecule has 2 nitrogen and oxygen atoms in total. The molecule has 2 heteroatoms. The van der Waals surface area contributed by atoms with Crippen molar-refractivity contribution in [2.45, 2.75) is 24.7 Å². The van der Waals surface area contributed by atoms with Crippen LogP contribution in [0.5, 0.6) is 0 Å². The zero-order valence-electron chi connectivity index (χ0n) is 35.8. The van der Waals surface area contributed by atoms with E-state index < -0.39 is 5.41 Å². The Bertz CT molecular complexity index is 3280. The molecular weight excluding hydrogens is 773 g/mol. The van der Waals surface area contributed by atoms with Gasteiger partial charge in [-0.1, -0.05) is 226 Å². The first-order chi connectivity index (χ1) is 31.5. The third kappa shape index (κ3) is 5.87. The van der Waals surface area contributed by atoms with Gasteiger partial charge in [-0.25, -0.2) is 9.97 Å². The Balaban J connectivity index is 1.09. The number of hydrogen-bond acceptors (Lipinski definition) is 2. The van der Waals surface area contributed by atoms with Crippen LogP contribution in [0.3, 0.4) is 0 Å².